The van der Waals surface area contributed by atoms with Crippen LogP contribution in [0.3, 0.4) is 0 Å². The Morgan fingerprint density at radius 2 is 1.33 bits per heavy atom. The summed E-state index contributed by atoms with van der Waals surface area (Å²) < 4.78 is 2.59. The predicted molar refractivity (Wildman–Crippen MR) is 116 cm³/mol. The van der Waals surface area contributed by atoms with E-state index in [0.717, 1.165) is 42.0 Å². The molecule has 0 radical (unpaired) electrons. The first-order valence-corrected chi connectivity index (χ1v) is 10.2. The quantitative estimate of drug-likeness (QED) is 0.354. The third-order valence-electron chi connectivity index (χ3n) is 4.76. The molecule has 0 aliphatic heterocycles. The molecule has 0 saturated heterocycles. The van der Waals surface area contributed by atoms with Crippen molar-refractivity contribution >= 4 is 75.8 Å². The third kappa shape index (κ3) is 2.43. The Balaban J connectivity index is 1.99. The van der Waals surface area contributed by atoms with Gasteiger partial charge < -0.3 is 0 Å². The zero-order valence-electron chi connectivity index (χ0n) is 15.0. The van der Waals surface area contributed by atoms with Gasteiger partial charge in [-0.3, -0.25) is 0 Å². The van der Waals surface area contributed by atoms with Gasteiger partial charge in [-0.15, -0.1) is 22.7 Å². The highest BCUT2D eigenvalue weighted by Crippen LogP contribution is 2.35. The van der Waals surface area contributed by atoms with Gasteiger partial charge in [-0.1, -0.05) is 24.3 Å². The standard InChI is InChI=1S/C22H6N6S2/c23-7-12(8-24)21-27-16-5-4-14-15(20(16)30-21)3-1-11-2-6-17-19(18(11)14)28-22(29-17)13(9-25)10-26/h1-6H. The molecule has 6 nitrogen and oxygen atoms in total. The van der Waals surface area contributed by atoms with Crippen LogP contribution in [-0.4, -0.2) is 9.97 Å². The molecule has 136 valence electrons. The first-order valence-electron chi connectivity index (χ1n) is 8.59. The number of benzene rings is 3. The van der Waals surface area contributed by atoms with Crippen LogP contribution in [0.4, 0.5) is 0 Å². The fourth-order valence-corrected chi connectivity index (χ4v) is 5.41. The summed E-state index contributed by atoms with van der Waals surface area (Å²) in [4.78, 5) is 9.05. The maximum atomic E-state index is 9.20. The monoisotopic (exact) mass is 418 g/mol. The van der Waals surface area contributed by atoms with Crippen molar-refractivity contribution in [3.05, 3.63) is 45.7 Å². The molecule has 0 fully saturated rings. The molecule has 0 N–H and O–H groups in total. The van der Waals surface area contributed by atoms with E-state index in [-0.39, 0.29) is 11.1 Å². The molecular formula is C22H6N6S2. The Kier molecular flexibility index (Phi) is 3.91. The van der Waals surface area contributed by atoms with Crippen LogP contribution in [0.15, 0.2) is 36.4 Å². The first-order chi connectivity index (χ1) is 14.7. The lowest BCUT2D eigenvalue weighted by Crippen LogP contribution is -2.00. The summed E-state index contributed by atoms with van der Waals surface area (Å²) in [7, 11) is 0. The van der Waals surface area contributed by atoms with Gasteiger partial charge in [0.2, 0.25) is 0 Å². The average Bonchev–Trinajstić information content (AvgIpc) is 3.39. The maximum absolute atomic E-state index is 9.20. The highest BCUT2D eigenvalue weighted by Gasteiger charge is 2.13. The summed E-state index contributed by atoms with van der Waals surface area (Å²) in [5.74, 6) is 0. The van der Waals surface area contributed by atoms with Crippen molar-refractivity contribution in [2.24, 2.45) is 0 Å². The van der Waals surface area contributed by atoms with E-state index in [1.807, 2.05) is 60.7 Å². The Morgan fingerprint density at radius 1 is 0.700 bits per heavy atom. The third-order valence-corrected chi connectivity index (χ3v) is 6.92. The van der Waals surface area contributed by atoms with Crippen LogP contribution < -0.4 is 9.33 Å². The summed E-state index contributed by atoms with van der Waals surface area (Å²) in [6, 6.07) is 19.4. The van der Waals surface area contributed by atoms with Crippen LogP contribution >= 0.6 is 22.7 Å². The molecular weight excluding hydrogens is 412 g/mol. The van der Waals surface area contributed by atoms with Gasteiger partial charge in [0, 0.05) is 10.8 Å². The Morgan fingerprint density at radius 3 is 2.03 bits per heavy atom. The number of nitrogens with zero attached hydrogens (tertiary/aromatic N) is 6. The smallest absolute Gasteiger partial charge is 0.165 e. The molecule has 30 heavy (non-hydrogen) atoms. The molecule has 3 aromatic carbocycles. The number of rotatable bonds is 0. The van der Waals surface area contributed by atoms with Gasteiger partial charge in [0.1, 0.15) is 33.6 Å². The zero-order valence-corrected chi connectivity index (χ0v) is 16.6. The number of aromatic nitrogens is 2. The second-order valence-electron chi connectivity index (χ2n) is 6.32. The van der Waals surface area contributed by atoms with E-state index in [1.54, 1.807) is 0 Å². The summed E-state index contributed by atoms with van der Waals surface area (Å²) in [6.45, 7) is 0. The minimum atomic E-state index is -0.00672. The molecule has 2 heterocycles. The molecule has 5 aromatic rings. The van der Waals surface area contributed by atoms with E-state index in [4.69, 9.17) is 10.5 Å². The van der Waals surface area contributed by atoms with Crippen LogP contribution in [0.25, 0.3) is 53.1 Å². The van der Waals surface area contributed by atoms with Gasteiger partial charge in [-0.25, -0.2) is 9.97 Å². The first kappa shape index (κ1) is 17.7. The molecule has 5 rings (SSSR count). The molecule has 0 unspecified atom stereocenters. The van der Waals surface area contributed by atoms with Gasteiger partial charge in [-0.05, 0) is 22.9 Å². The van der Waals surface area contributed by atoms with E-state index in [0.29, 0.717) is 9.33 Å². The fraction of sp³-hybridized carbons (Fsp3) is 0. The van der Waals surface area contributed by atoms with Gasteiger partial charge in [-0.2, -0.15) is 21.0 Å². The molecule has 2 aromatic heterocycles. The van der Waals surface area contributed by atoms with E-state index in [2.05, 4.69) is 9.97 Å². The molecule has 0 aliphatic carbocycles. The van der Waals surface area contributed by atoms with Gasteiger partial charge in [0.15, 0.2) is 11.1 Å². The van der Waals surface area contributed by atoms with Crippen molar-refractivity contribution < 1.29 is 0 Å². The van der Waals surface area contributed by atoms with Crippen molar-refractivity contribution in [3.8, 4) is 24.3 Å². The van der Waals surface area contributed by atoms with Crippen molar-refractivity contribution in [1.82, 2.24) is 9.97 Å². The van der Waals surface area contributed by atoms with Crippen LogP contribution in [0.5, 0.6) is 0 Å². The van der Waals surface area contributed by atoms with E-state index in [1.165, 1.54) is 22.7 Å². The summed E-state index contributed by atoms with van der Waals surface area (Å²) in [6.07, 6.45) is 0. The zero-order chi connectivity index (χ0) is 20.8. The minimum absolute atomic E-state index is 0.00449. The van der Waals surface area contributed by atoms with Crippen molar-refractivity contribution in [2.75, 3.05) is 0 Å². The Hall–Kier alpha value is -4.34. The van der Waals surface area contributed by atoms with Crippen molar-refractivity contribution in [1.29, 1.82) is 21.0 Å². The maximum Gasteiger partial charge on any atom is 0.165 e. The Labute approximate surface area is 176 Å². The van der Waals surface area contributed by atoms with Crippen LogP contribution in [0.1, 0.15) is 0 Å². The molecule has 0 bridgehead atoms. The molecule has 0 saturated carbocycles. The number of hydrogen-bond donors (Lipinski definition) is 0. The van der Waals surface area contributed by atoms with Crippen LogP contribution in [-0.2, 0) is 0 Å². The number of fused-ring (bicyclic) bond motifs is 7. The molecule has 0 atom stereocenters. The van der Waals surface area contributed by atoms with Crippen LogP contribution in [0.2, 0.25) is 0 Å². The van der Waals surface area contributed by atoms with Crippen molar-refractivity contribution in [2.45, 2.75) is 0 Å². The molecule has 0 aliphatic rings. The Bertz CT molecular complexity index is 1810. The minimum Gasteiger partial charge on any atom is -0.234 e. The topological polar surface area (TPSA) is 121 Å². The lowest BCUT2D eigenvalue weighted by atomic mass is 10.0. The SMILES string of the molecule is N#CC(C#N)=c1nc2c(ccc3ccc4c(ccc5nc(=C(C#N)C#N)sc54)c32)s1. The fourth-order valence-electron chi connectivity index (χ4n) is 3.46. The van der Waals surface area contributed by atoms with Gasteiger partial charge in [0.05, 0.1) is 20.4 Å². The normalized spacial score (nSPS) is 10.5. The summed E-state index contributed by atoms with van der Waals surface area (Å²) in [5.41, 5.74) is 1.45. The second kappa shape index (κ2) is 6.62. The average molecular weight is 418 g/mol. The molecule has 8 heteroatoms. The number of nitriles is 4. The summed E-state index contributed by atoms with van der Waals surface area (Å²) >= 11 is 2.63. The van der Waals surface area contributed by atoms with Gasteiger partial charge >= 0.3 is 0 Å². The van der Waals surface area contributed by atoms with Crippen LogP contribution in [0, 0.1) is 45.3 Å². The second-order valence-corrected chi connectivity index (χ2v) is 8.35. The predicted octanol–water partition coefficient (Wildman–Crippen LogP) is 3.61. The highest BCUT2D eigenvalue weighted by atomic mass is 32.1. The molecule has 0 amide bonds. The number of hydrogen-bond acceptors (Lipinski definition) is 8. The lowest BCUT2D eigenvalue weighted by Gasteiger charge is -2.05. The largest absolute Gasteiger partial charge is 0.234 e. The van der Waals surface area contributed by atoms with E-state index in [9.17, 15) is 10.5 Å². The van der Waals surface area contributed by atoms with Crippen molar-refractivity contribution in [3.63, 3.8) is 0 Å². The van der Waals surface area contributed by atoms with Gasteiger partial charge in [0.25, 0.3) is 0 Å². The van der Waals surface area contributed by atoms with E-state index >= 15 is 0 Å². The highest BCUT2D eigenvalue weighted by molar-refractivity contribution is 7.18. The molecule has 0 spiro atoms. The summed E-state index contributed by atoms with van der Waals surface area (Å²) in [5, 5.41) is 40.6. The lowest BCUT2D eigenvalue weighted by molar-refractivity contribution is 1.40. The van der Waals surface area contributed by atoms with E-state index < -0.39 is 0 Å². The number of thiazole rings is 2.